The van der Waals surface area contributed by atoms with Gasteiger partial charge in [0.2, 0.25) is 0 Å². The number of hydrogen-bond donors (Lipinski definition) is 1. The molecule has 0 aliphatic rings. The number of nitrogens with two attached hydrogens (primary N) is 1. The largest absolute Gasteiger partial charge is 0.496 e. The number of methoxy groups -OCH3 is 2. The van der Waals surface area contributed by atoms with Crippen molar-refractivity contribution in [3.8, 4) is 11.5 Å². The molecule has 0 unspecified atom stereocenters. The van der Waals surface area contributed by atoms with Crippen LogP contribution in [0.2, 0.25) is 0 Å². The summed E-state index contributed by atoms with van der Waals surface area (Å²) in [5.74, 6) is 1.39. The highest BCUT2D eigenvalue weighted by atomic mass is 16.6. The molecule has 0 aromatic heterocycles. The lowest BCUT2D eigenvalue weighted by Crippen LogP contribution is -1.91. The molecule has 22 heavy (non-hydrogen) atoms. The maximum atomic E-state index is 10.3. The van der Waals surface area contributed by atoms with E-state index in [9.17, 15) is 10.1 Å². The summed E-state index contributed by atoms with van der Waals surface area (Å²) in [4.78, 5) is 9.89. The van der Waals surface area contributed by atoms with Crippen molar-refractivity contribution >= 4 is 11.4 Å². The zero-order valence-electron chi connectivity index (χ0n) is 13.1. The van der Waals surface area contributed by atoms with Crippen LogP contribution in [0, 0.1) is 24.0 Å². The molecule has 2 N–H and O–H groups in total. The maximum absolute atomic E-state index is 10.3. The number of nitrogens with zero attached hydrogens (tertiary/aromatic N) is 1. The smallest absolute Gasteiger partial charge is 0.273 e. The third-order valence-electron chi connectivity index (χ3n) is 3.03. The van der Waals surface area contributed by atoms with Gasteiger partial charge in [-0.1, -0.05) is 6.07 Å². The van der Waals surface area contributed by atoms with Crippen LogP contribution in [0.4, 0.5) is 11.4 Å². The van der Waals surface area contributed by atoms with Gasteiger partial charge < -0.3 is 15.2 Å². The number of non-ortho nitro benzene ring substituents is 1. The first-order valence-corrected chi connectivity index (χ1v) is 6.58. The monoisotopic (exact) mass is 304 g/mol. The highest BCUT2D eigenvalue weighted by molar-refractivity contribution is 5.47. The van der Waals surface area contributed by atoms with Crippen molar-refractivity contribution in [2.75, 3.05) is 20.0 Å². The van der Waals surface area contributed by atoms with E-state index >= 15 is 0 Å². The van der Waals surface area contributed by atoms with Crippen molar-refractivity contribution in [1.29, 1.82) is 0 Å². The lowest BCUT2D eigenvalue weighted by Gasteiger charge is -2.03. The van der Waals surface area contributed by atoms with Crippen molar-refractivity contribution in [2.24, 2.45) is 0 Å². The number of benzene rings is 2. The highest BCUT2D eigenvalue weighted by Gasteiger charge is 2.07. The van der Waals surface area contributed by atoms with Crippen molar-refractivity contribution in [2.45, 2.75) is 13.8 Å². The third-order valence-corrected chi connectivity index (χ3v) is 3.03. The van der Waals surface area contributed by atoms with Gasteiger partial charge in [-0.3, -0.25) is 10.1 Å². The van der Waals surface area contributed by atoms with E-state index in [0.29, 0.717) is 5.75 Å². The Kier molecular flexibility index (Phi) is 6.19. The zero-order valence-corrected chi connectivity index (χ0v) is 13.1. The molecule has 118 valence electrons. The first kappa shape index (κ1) is 17.3. The van der Waals surface area contributed by atoms with Gasteiger partial charge >= 0.3 is 0 Å². The van der Waals surface area contributed by atoms with Gasteiger partial charge in [-0.05, 0) is 37.1 Å². The Hall–Kier alpha value is -2.76. The fourth-order valence-corrected chi connectivity index (χ4v) is 1.76. The molecule has 0 aliphatic carbocycles. The minimum Gasteiger partial charge on any atom is -0.496 e. The van der Waals surface area contributed by atoms with Crippen LogP contribution in [0.25, 0.3) is 0 Å². The molecule has 2 aromatic rings. The Morgan fingerprint density at radius 3 is 1.91 bits per heavy atom. The summed E-state index contributed by atoms with van der Waals surface area (Å²) >= 11 is 0. The number of nitro groups is 1. The molecule has 6 heteroatoms. The van der Waals surface area contributed by atoms with Crippen LogP contribution < -0.4 is 15.2 Å². The van der Waals surface area contributed by atoms with Gasteiger partial charge in [0, 0.05) is 17.8 Å². The lowest BCUT2D eigenvalue weighted by molar-refractivity contribution is -0.384. The van der Waals surface area contributed by atoms with Crippen LogP contribution in [-0.4, -0.2) is 19.1 Å². The molecule has 6 nitrogen and oxygen atoms in total. The second-order valence-electron chi connectivity index (χ2n) is 4.64. The number of nitrogen functional groups attached to an aromatic ring is 1. The third kappa shape index (κ3) is 4.66. The first-order valence-electron chi connectivity index (χ1n) is 6.58. The molecule has 2 aromatic carbocycles. The molecule has 0 radical (unpaired) electrons. The fraction of sp³-hybridized carbons (Fsp3) is 0.250. The topological polar surface area (TPSA) is 87.6 Å². The fourth-order valence-electron chi connectivity index (χ4n) is 1.76. The van der Waals surface area contributed by atoms with Crippen LogP contribution in [0.3, 0.4) is 0 Å². The van der Waals surface area contributed by atoms with Crippen LogP contribution in [0.15, 0.2) is 36.4 Å². The summed E-state index contributed by atoms with van der Waals surface area (Å²) < 4.78 is 9.98. The van der Waals surface area contributed by atoms with Gasteiger partial charge in [-0.2, -0.15) is 0 Å². The molecule has 0 amide bonds. The second kappa shape index (κ2) is 7.87. The maximum Gasteiger partial charge on any atom is 0.273 e. The van der Waals surface area contributed by atoms with Gasteiger partial charge in [0.25, 0.3) is 5.69 Å². The van der Waals surface area contributed by atoms with Gasteiger partial charge in [-0.25, -0.2) is 0 Å². The number of aryl methyl sites for hydroxylation is 2. The Labute approximate surface area is 129 Å². The molecular weight excluding hydrogens is 284 g/mol. The van der Waals surface area contributed by atoms with Crippen LogP contribution in [-0.2, 0) is 0 Å². The molecule has 0 spiro atoms. The predicted molar refractivity (Wildman–Crippen MR) is 86.5 cm³/mol. The van der Waals surface area contributed by atoms with E-state index in [1.54, 1.807) is 13.2 Å². The Morgan fingerprint density at radius 2 is 1.45 bits per heavy atom. The van der Waals surface area contributed by atoms with E-state index < -0.39 is 4.92 Å². The second-order valence-corrected chi connectivity index (χ2v) is 4.64. The molecule has 0 bridgehead atoms. The molecule has 0 saturated carbocycles. The normalized spacial score (nSPS) is 9.45. The van der Waals surface area contributed by atoms with Gasteiger partial charge in [0.15, 0.2) is 0 Å². The number of nitro benzene ring substituents is 1. The summed E-state index contributed by atoms with van der Waals surface area (Å²) in [7, 11) is 3.13. The number of rotatable bonds is 3. The van der Waals surface area contributed by atoms with E-state index in [1.165, 1.54) is 19.2 Å². The molecule has 0 atom stereocenters. The lowest BCUT2D eigenvalue weighted by atomic mass is 10.2. The Balaban J connectivity index is 0.000000224. The molecule has 2 rings (SSSR count). The SMILES string of the molecule is COc1cc(N)ccc1C.COc1cc([N+](=O)[O-])ccc1C. The van der Waals surface area contributed by atoms with Crippen LogP contribution >= 0.6 is 0 Å². The van der Waals surface area contributed by atoms with E-state index in [-0.39, 0.29) is 5.69 Å². The molecule has 0 heterocycles. The van der Waals surface area contributed by atoms with Gasteiger partial charge in [0.1, 0.15) is 11.5 Å². The Bertz CT molecular complexity index is 657. The van der Waals surface area contributed by atoms with Crippen molar-refractivity contribution < 1.29 is 14.4 Å². The molecule has 0 saturated heterocycles. The average molecular weight is 304 g/mol. The summed E-state index contributed by atoms with van der Waals surface area (Å²) in [6.07, 6.45) is 0. The number of anilines is 1. The summed E-state index contributed by atoms with van der Waals surface area (Å²) in [6, 6.07) is 10.1. The van der Waals surface area contributed by atoms with Gasteiger partial charge in [0.05, 0.1) is 25.2 Å². The van der Waals surface area contributed by atoms with Crippen molar-refractivity contribution in [3.05, 3.63) is 57.6 Å². The first-order chi connectivity index (χ1) is 10.4. The van der Waals surface area contributed by atoms with E-state index in [1.807, 2.05) is 32.0 Å². The molecular formula is C16H20N2O4. The molecule has 0 aliphatic heterocycles. The van der Waals surface area contributed by atoms with E-state index in [4.69, 9.17) is 15.2 Å². The van der Waals surface area contributed by atoms with Crippen molar-refractivity contribution in [3.63, 3.8) is 0 Å². The number of hydrogen-bond acceptors (Lipinski definition) is 5. The van der Waals surface area contributed by atoms with E-state index in [0.717, 1.165) is 22.6 Å². The van der Waals surface area contributed by atoms with Crippen LogP contribution in [0.5, 0.6) is 11.5 Å². The number of ether oxygens (including phenoxy) is 2. The summed E-state index contributed by atoms with van der Waals surface area (Å²) in [5.41, 5.74) is 8.31. The summed E-state index contributed by atoms with van der Waals surface area (Å²) in [6.45, 7) is 3.82. The quantitative estimate of drug-likeness (QED) is 0.532. The van der Waals surface area contributed by atoms with Crippen LogP contribution in [0.1, 0.15) is 11.1 Å². The van der Waals surface area contributed by atoms with Gasteiger partial charge in [-0.15, -0.1) is 0 Å². The van der Waals surface area contributed by atoms with Crippen molar-refractivity contribution in [1.82, 2.24) is 0 Å². The van der Waals surface area contributed by atoms with E-state index in [2.05, 4.69) is 0 Å². The predicted octanol–water partition coefficient (Wildman–Crippen LogP) is 3.50. The minimum absolute atomic E-state index is 0.0532. The minimum atomic E-state index is -0.443. The zero-order chi connectivity index (χ0) is 16.7. The summed E-state index contributed by atoms with van der Waals surface area (Å²) in [5, 5.41) is 10.3. The average Bonchev–Trinajstić information content (AvgIpc) is 2.50. The standard InChI is InChI=1S/C8H9NO3.C8H11NO/c1-6-3-4-7(9(10)11)5-8(6)12-2;1-6-3-4-7(9)5-8(6)10-2/h3-5H,1-2H3;3-5H,9H2,1-2H3. The Morgan fingerprint density at radius 1 is 0.955 bits per heavy atom. The highest BCUT2D eigenvalue weighted by Crippen LogP contribution is 2.23. The molecule has 0 fully saturated rings.